The van der Waals surface area contributed by atoms with Crippen molar-refractivity contribution in [2.45, 2.75) is 26.8 Å². The van der Waals surface area contributed by atoms with Crippen molar-refractivity contribution >= 4 is 11.4 Å². The Kier molecular flexibility index (Phi) is 4.17. The van der Waals surface area contributed by atoms with Crippen molar-refractivity contribution in [3.63, 3.8) is 0 Å². The van der Waals surface area contributed by atoms with Crippen molar-refractivity contribution in [1.82, 2.24) is 9.97 Å². The molecule has 0 aliphatic carbocycles. The largest absolute Gasteiger partial charge is 0.444 e. The first-order chi connectivity index (χ1) is 8.81. The van der Waals surface area contributed by atoms with Crippen LogP contribution >= 0.6 is 0 Å². The van der Waals surface area contributed by atoms with Gasteiger partial charge in [-0.15, -0.1) is 0 Å². The summed E-state index contributed by atoms with van der Waals surface area (Å²) in [7, 11) is 0. The monoisotopic (exact) mass is 246 g/mol. The van der Waals surface area contributed by atoms with E-state index in [2.05, 4.69) is 27.5 Å². The van der Waals surface area contributed by atoms with Gasteiger partial charge in [0.2, 0.25) is 5.89 Å². The van der Waals surface area contributed by atoms with Crippen LogP contribution in [0.2, 0.25) is 0 Å². The molecule has 0 aromatic carbocycles. The lowest BCUT2D eigenvalue weighted by Crippen LogP contribution is -2.02. The SMILES string of the molecule is CCNc1cncc(NCc2ncc(CC)o2)c1. The van der Waals surface area contributed by atoms with E-state index in [0.29, 0.717) is 12.4 Å². The first-order valence-corrected chi connectivity index (χ1v) is 6.18. The van der Waals surface area contributed by atoms with E-state index < -0.39 is 0 Å². The molecule has 0 spiro atoms. The van der Waals surface area contributed by atoms with Crippen LogP contribution in [0.1, 0.15) is 25.5 Å². The second-order valence-corrected chi connectivity index (χ2v) is 3.92. The molecule has 2 N–H and O–H groups in total. The Balaban J connectivity index is 1.94. The van der Waals surface area contributed by atoms with Gasteiger partial charge in [0.25, 0.3) is 0 Å². The van der Waals surface area contributed by atoms with Crippen molar-refractivity contribution in [2.75, 3.05) is 17.2 Å². The van der Waals surface area contributed by atoms with Gasteiger partial charge in [0.05, 0.1) is 36.5 Å². The Morgan fingerprint density at radius 2 is 1.89 bits per heavy atom. The van der Waals surface area contributed by atoms with E-state index in [1.54, 1.807) is 18.6 Å². The Labute approximate surface area is 107 Å². The third-order valence-corrected chi connectivity index (χ3v) is 2.51. The highest BCUT2D eigenvalue weighted by Crippen LogP contribution is 2.14. The number of pyridine rings is 1. The summed E-state index contributed by atoms with van der Waals surface area (Å²) >= 11 is 0. The maximum absolute atomic E-state index is 5.52. The summed E-state index contributed by atoms with van der Waals surface area (Å²) in [5, 5.41) is 6.46. The van der Waals surface area contributed by atoms with E-state index in [0.717, 1.165) is 30.1 Å². The quantitative estimate of drug-likeness (QED) is 0.820. The molecule has 0 aliphatic heterocycles. The molecule has 96 valence electrons. The van der Waals surface area contributed by atoms with Gasteiger partial charge in [-0.1, -0.05) is 6.92 Å². The summed E-state index contributed by atoms with van der Waals surface area (Å²) < 4.78 is 5.52. The smallest absolute Gasteiger partial charge is 0.213 e. The van der Waals surface area contributed by atoms with E-state index >= 15 is 0 Å². The maximum atomic E-state index is 5.52. The average molecular weight is 246 g/mol. The molecule has 0 fully saturated rings. The van der Waals surface area contributed by atoms with Gasteiger partial charge in [-0.25, -0.2) is 4.98 Å². The summed E-state index contributed by atoms with van der Waals surface area (Å²) in [4.78, 5) is 8.36. The first kappa shape index (κ1) is 12.4. The van der Waals surface area contributed by atoms with Gasteiger partial charge in [-0.3, -0.25) is 4.98 Å². The van der Waals surface area contributed by atoms with Gasteiger partial charge in [-0.2, -0.15) is 0 Å². The summed E-state index contributed by atoms with van der Waals surface area (Å²) in [5.41, 5.74) is 1.95. The number of aryl methyl sites for hydroxylation is 1. The molecule has 0 unspecified atom stereocenters. The van der Waals surface area contributed by atoms with Crippen LogP contribution in [0.15, 0.2) is 29.1 Å². The van der Waals surface area contributed by atoms with E-state index in [1.807, 2.05) is 13.0 Å². The number of hydrogen-bond donors (Lipinski definition) is 2. The lowest BCUT2D eigenvalue weighted by atomic mass is 10.3. The Morgan fingerprint density at radius 1 is 1.11 bits per heavy atom. The molecule has 0 saturated heterocycles. The highest BCUT2D eigenvalue weighted by Gasteiger charge is 2.02. The Hall–Kier alpha value is -2.04. The zero-order valence-electron chi connectivity index (χ0n) is 10.7. The fraction of sp³-hybridized carbons (Fsp3) is 0.385. The van der Waals surface area contributed by atoms with Gasteiger partial charge in [0, 0.05) is 13.0 Å². The van der Waals surface area contributed by atoms with Crippen molar-refractivity contribution in [3.05, 3.63) is 36.3 Å². The van der Waals surface area contributed by atoms with Crippen LogP contribution < -0.4 is 10.6 Å². The topological polar surface area (TPSA) is 63.0 Å². The van der Waals surface area contributed by atoms with E-state index in [4.69, 9.17) is 4.42 Å². The van der Waals surface area contributed by atoms with Crippen molar-refractivity contribution in [2.24, 2.45) is 0 Å². The number of nitrogens with zero attached hydrogens (tertiary/aromatic N) is 2. The third-order valence-electron chi connectivity index (χ3n) is 2.51. The lowest BCUT2D eigenvalue weighted by molar-refractivity contribution is 0.466. The molecule has 18 heavy (non-hydrogen) atoms. The molecule has 0 bridgehead atoms. The fourth-order valence-electron chi connectivity index (χ4n) is 1.61. The number of aromatic nitrogens is 2. The fourth-order valence-corrected chi connectivity index (χ4v) is 1.61. The van der Waals surface area contributed by atoms with Gasteiger partial charge in [0.15, 0.2) is 0 Å². The van der Waals surface area contributed by atoms with Crippen molar-refractivity contribution < 1.29 is 4.42 Å². The van der Waals surface area contributed by atoms with E-state index in [9.17, 15) is 0 Å². The first-order valence-electron chi connectivity index (χ1n) is 6.18. The molecule has 0 amide bonds. The van der Waals surface area contributed by atoms with E-state index in [1.165, 1.54) is 0 Å². The van der Waals surface area contributed by atoms with Crippen LogP contribution in [0, 0.1) is 0 Å². The molecular formula is C13H18N4O. The summed E-state index contributed by atoms with van der Waals surface area (Å²) in [5.74, 6) is 1.60. The molecule has 0 saturated carbocycles. The third kappa shape index (κ3) is 3.23. The molecule has 0 radical (unpaired) electrons. The summed E-state index contributed by atoms with van der Waals surface area (Å²) in [6, 6.07) is 2.01. The number of nitrogens with one attached hydrogen (secondary N) is 2. The summed E-state index contributed by atoms with van der Waals surface area (Å²) in [6.07, 6.45) is 6.22. The van der Waals surface area contributed by atoms with Gasteiger partial charge >= 0.3 is 0 Å². The molecule has 2 rings (SSSR count). The van der Waals surface area contributed by atoms with Crippen LogP contribution in [-0.4, -0.2) is 16.5 Å². The molecule has 2 aromatic rings. The molecular weight excluding hydrogens is 228 g/mol. The standard InChI is InChI=1S/C13H18N4O/c1-3-12-8-17-13(18-12)9-16-11-5-10(15-4-2)6-14-7-11/h5-8,15-16H,3-4,9H2,1-2H3. The number of anilines is 2. The molecule has 0 atom stereocenters. The predicted octanol–water partition coefficient (Wildman–Crippen LogP) is 2.68. The average Bonchev–Trinajstić information content (AvgIpc) is 2.85. The zero-order valence-corrected chi connectivity index (χ0v) is 10.7. The normalized spacial score (nSPS) is 10.3. The molecule has 5 nitrogen and oxygen atoms in total. The molecule has 5 heteroatoms. The Morgan fingerprint density at radius 3 is 2.56 bits per heavy atom. The second-order valence-electron chi connectivity index (χ2n) is 3.92. The van der Waals surface area contributed by atoms with Gasteiger partial charge in [-0.05, 0) is 13.0 Å². The number of hydrogen-bond acceptors (Lipinski definition) is 5. The van der Waals surface area contributed by atoms with Crippen molar-refractivity contribution in [1.29, 1.82) is 0 Å². The Bertz CT molecular complexity index is 495. The second kappa shape index (κ2) is 6.05. The summed E-state index contributed by atoms with van der Waals surface area (Å²) in [6.45, 7) is 5.54. The van der Waals surface area contributed by atoms with Gasteiger partial charge < -0.3 is 15.1 Å². The minimum Gasteiger partial charge on any atom is -0.444 e. The highest BCUT2D eigenvalue weighted by atomic mass is 16.4. The lowest BCUT2D eigenvalue weighted by Gasteiger charge is -2.06. The number of oxazole rings is 1. The maximum Gasteiger partial charge on any atom is 0.213 e. The minimum atomic E-state index is 0.567. The van der Waals surface area contributed by atoms with Crippen LogP contribution in [0.5, 0.6) is 0 Å². The van der Waals surface area contributed by atoms with E-state index in [-0.39, 0.29) is 0 Å². The highest BCUT2D eigenvalue weighted by molar-refractivity contribution is 5.53. The minimum absolute atomic E-state index is 0.567. The van der Waals surface area contributed by atoms with Crippen LogP contribution in [0.3, 0.4) is 0 Å². The van der Waals surface area contributed by atoms with Gasteiger partial charge in [0.1, 0.15) is 5.76 Å². The molecule has 2 aromatic heterocycles. The van der Waals surface area contributed by atoms with Crippen molar-refractivity contribution in [3.8, 4) is 0 Å². The van der Waals surface area contributed by atoms with Crippen LogP contribution in [0.25, 0.3) is 0 Å². The van der Waals surface area contributed by atoms with Crippen LogP contribution in [-0.2, 0) is 13.0 Å². The predicted molar refractivity (Wildman–Crippen MR) is 71.6 cm³/mol. The molecule has 2 heterocycles. The zero-order chi connectivity index (χ0) is 12.8. The number of rotatable bonds is 6. The van der Waals surface area contributed by atoms with Crippen LogP contribution in [0.4, 0.5) is 11.4 Å². The molecule has 0 aliphatic rings.